The van der Waals surface area contributed by atoms with Crippen molar-refractivity contribution in [1.82, 2.24) is 9.97 Å². The zero-order chi connectivity index (χ0) is 13.4. The fourth-order valence-electron chi connectivity index (χ4n) is 2.56. The van der Waals surface area contributed by atoms with E-state index in [0.717, 1.165) is 35.0 Å². The molecule has 0 spiro atoms. The number of hydrogen-bond donors (Lipinski definition) is 1. The van der Waals surface area contributed by atoms with Crippen molar-refractivity contribution in [3.8, 4) is 0 Å². The average molecular weight is 271 g/mol. The van der Waals surface area contributed by atoms with Gasteiger partial charge < -0.3 is 5.73 Å². The summed E-state index contributed by atoms with van der Waals surface area (Å²) in [5, 5.41) is 0. The number of aromatic nitrogens is 2. The Kier molecular flexibility index (Phi) is 3.19. The monoisotopic (exact) mass is 271 g/mol. The molecule has 2 heterocycles. The number of benzene rings is 1. The van der Waals surface area contributed by atoms with E-state index < -0.39 is 0 Å². The van der Waals surface area contributed by atoms with Gasteiger partial charge in [-0.2, -0.15) is 11.8 Å². The van der Waals surface area contributed by atoms with Gasteiger partial charge in [-0.05, 0) is 19.4 Å². The molecule has 0 atom stereocenters. The van der Waals surface area contributed by atoms with Gasteiger partial charge in [0.25, 0.3) is 0 Å². The van der Waals surface area contributed by atoms with E-state index >= 15 is 0 Å². The highest BCUT2D eigenvalue weighted by Crippen LogP contribution is 2.31. The van der Waals surface area contributed by atoms with Crippen molar-refractivity contribution >= 4 is 17.6 Å². The second-order valence-corrected chi connectivity index (χ2v) is 6.10. The zero-order valence-corrected chi connectivity index (χ0v) is 12.0. The summed E-state index contributed by atoms with van der Waals surface area (Å²) in [6.07, 6.45) is 0.755. The third-order valence-corrected chi connectivity index (χ3v) is 4.27. The smallest absolute Gasteiger partial charge is 0.135 e. The lowest BCUT2D eigenvalue weighted by Crippen LogP contribution is -2.06. The Morgan fingerprint density at radius 3 is 2.58 bits per heavy atom. The first kappa shape index (κ1) is 12.5. The molecule has 0 saturated carbocycles. The normalized spacial score (nSPS) is 13.6. The van der Waals surface area contributed by atoms with Gasteiger partial charge in [-0.1, -0.05) is 29.3 Å². The maximum Gasteiger partial charge on any atom is 0.135 e. The molecular formula is C15H17N3S. The van der Waals surface area contributed by atoms with Gasteiger partial charge in [0.15, 0.2) is 0 Å². The number of nitrogens with zero attached hydrogens (tertiary/aromatic N) is 2. The Morgan fingerprint density at radius 1 is 1.11 bits per heavy atom. The molecule has 1 aromatic heterocycles. The zero-order valence-electron chi connectivity index (χ0n) is 11.2. The van der Waals surface area contributed by atoms with E-state index in [9.17, 15) is 0 Å². The summed E-state index contributed by atoms with van der Waals surface area (Å²) in [6, 6.07) is 6.56. The van der Waals surface area contributed by atoms with Crippen LogP contribution in [0.25, 0.3) is 0 Å². The van der Waals surface area contributed by atoms with Crippen LogP contribution in [-0.2, 0) is 17.9 Å². The van der Waals surface area contributed by atoms with Gasteiger partial charge in [-0.15, -0.1) is 0 Å². The standard InChI is InChI=1S/C15H17N3S/c1-9-3-10(2)5-11(4-9)6-14-17-13-8-19-7-12(13)15(16)18-14/h3-5H,6-8H2,1-2H3,(H2,16,17,18). The molecule has 1 aliphatic heterocycles. The molecule has 2 N–H and O–H groups in total. The molecule has 19 heavy (non-hydrogen) atoms. The highest BCUT2D eigenvalue weighted by Gasteiger charge is 2.18. The van der Waals surface area contributed by atoms with E-state index in [1.54, 1.807) is 0 Å². The van der Waals surface area contributed by atoms with Crippen molar-refractivity contribution in [2.45, 2.75) is 31.8 Å². The lowest BCUT2D eigenvalue weighted by atomic mass is 10.0. The summed E-state index contributed by atoms with van der Waals surface area (Å²) < 4.78 is 0. The van der Waals surface area contributed by atoms with Crippen molar-refractivity contribution in [1.29, 1.82) is 0 Å². The summed E-state index contributed by atoms with van der Waals surface area (Å²) >= 11 is 1.85. The molecule has 3 rings (SSSR count). The van der Waals surface area contributed by atoms with Crippen LogP contribution < -0.4 is 5.73 Å². The SMILES string of the molecule is Cc1cc(C)cc(Cc2nc(N)c3c(n2)CSC3)c1. The minimum Gasteiger partial charge on any atom is -0.383 e. The van der Waals surface area contributed by atoms with Crippen molar-refractivity contribution in [2.75, 3.05) is 5.73 Å². The Labute approximate surface area is 117 Å². The number of aryl methyl sites for hydroxylation is 2. The van der Waals surface area contributed by atoms with Gasteiger partial charge >= 0.3 is 0 Å². The molecule has 0 radical (unpaired) electrons. The van der Waals surface area contributed by atoms with Crippen molar-refractivity contribution in [3.05, 3.63) is 52.0 Å². The first-order valence-electron chi connectivity index (χ1n) is 6.41. The Balaban J connectivity index is 1.93. The summed E-state index contributed by atoms with van der Waals surface area (Å²) in [4.78, 5) is 9.11. The maximum absolute atomic E-state index is 6.02. The fraction of sp³-hybridized carbons (Fsp3) is 0.333. The molecule has 98 valence electrons. The number of nitrogens with two attached hydrogens (primary N) is 1. The topological polar surface area (TPSA) is 51.8 Å². The summed E-state index contributed by atoms with van der Waals surface area (Å²) in [5.41, 5.74) is 12.1. The van der Waals surface area contributed by atoms with E-state index in [0.29, 0.717) is 5.82 Å². The second kappa shape index (κ2) is 4.85. The number of nitrogen functional groups attached to an aromatic ring is 1. The fourth-order valence-corrected chi connectivity index (χ4v) is 3.61. The van der Waals surface area contributed by atoms with E-state index in [1.807, 2.05) is 11.8 Å². The molecular weight excluding hydrogens is 254 g/mol. The van der Waals surface area contributed by atoms with Crippen molar-refractivity contribution < 1.29 is 0 Å². The highest BCUT2D eigenvalue weighted by atomic mass is 32.2. The molecule has 0 aliphatic carbocycles. The Hall–Kier alpha value is -1.55. The van der Waals surface area contributed by atoms with Crippen LogP contribution in [0.3, 0.4) is 0 Å². The largest absolute Gasteiger partial charge is 0.383 e. The lowest BCUT2D eigenvalue weighted by molar-refractivity contribution is 0.933. The van der Waals surface area contributed by atoms with Crippen molar-refractivity contribution in [2.24, 2.45) is 0 Å². The Morgan fingerprint density at radius 2 is 1.84 bits per heavy atom. The highest BCUT2D eigenvalue weighted by molar-refractivity contribution is 7.98. The summed E-state index contributed by atoms with van der Waals surface area (Å²) in [6.45, 7) is 4.23. The predicted octanol–water partition coefficient (Wildman–Crippen LogP) is 3.01. The summed E-state index contributed by atoms with van der Waals surface area (Å²) in [5.74, 6) is 3.41. The van der Waals surface area contributed by atoms with Crippen LogP contribution in [0.5, 0.6) is 0 Å². The summed E-state index contributed by atoms with van der Waals surface area (Å²) in [7, 11) is 0. The predicted molar refractivity (Wildman–Crippen MR) is 80.2 cm³/mol. The van der Waals surface area contributed by atoms with Crippen LogP contribution in [0.2, 0.25) is 0 Å². The first-order valence-corrected chi connectivity index (χ1v) is 7.56. The number of anilines is 1. The molecule has 3 nitrogen and oxygen atoms in total. The van der Waals surface area contributed by atoms with Crippen LogP contribution >= 0.6 is 11.8 Å². The van der Waals surface area contributed by atoms with E-state index in [4.69, 9.17) is 5.73 Å². The molecule has 0 saturated heterocycles. The number of fused-ring (bicyclic) bond motifs is 1. The molecule has 0 amide bonds. The molecule has 1 aromatic carbocycles. The minimum atomic E-state index is 0.661. The van der Waals surface area contributed by atoms with Crippen LogP contribution in [0, 0.1) is 13.8 Å². The van der Waals surface area contributed by atoms with E-state index in [2.05, 4.69) is 42.0 Å². The van der Waals surface area contributed by atoms with Crippen LogP contribution in [0.15, 0.2) is 18.2 Å². The third kappa shape index (κ3) is 2.59. The van der Waals surface area contributed by atoms with E-state index in [1.165, 1.54) is 16.7 Å². The molecule has 0 bridgehead atoms. The van der Waals surface area contributed by atoms with Crippen LogP contribution in [0.1, 0.15) is 33.8 Å². The van der Waals surface area contributed by atoms with Gasteiger partial charge in [0.1, 0.15) is 11.6 Å². The molecule has 1 aliphatic rings. The maximum atomic E-state index is 6.02. The lowest BCUT2D eigenvalue weighted by Gasteiger charge is -2.07. The quantitative estimate of drug-likeness (QED) is 0.912. The van der Waals surface area contributed by atoms with Gasteiger partial charge in [-0.3, -0.25) is 0 Å². The average Bonchev–Trinajstić information content (AvgIpc) is 2.75. The third-order valence-electron chi connectivity index (χ3n) is 3.30. The Bertz CT molecular complexity index is 617. The van der Waals surface area contributed by atoms with Gasteiger partial charge in [0.2, 0.25) is 0 Å². The minimum absolute atomic E-state index is 0.661. The van der Waals surface area contributed by atoms with Gasteiger partial charge in [0, 0.05) is 23.5 Å². The second-order valence-electron chi connectivity index (χ2n) is 5.12. The van der Waals surface area contributed by atoms with Crippen LogP contribution in [-0.4, -0.2) is 9.97 Å². The van der Waals surface area contributed by atoms with Crippen LogP contribution in [0.4, 0.5) is 5.82 Å². The molecule has 0 fully saturated rings. The number of thioether (sulfide) groups is 1. The molecule has 0 unspecified atom stereocenters. The number of hydrogen-bond acceptors (Lipinski definition) is 4. The molecule has 4 heteroatoms. The van der Waals surface area contributed by atoms with Crippen molar-refractivity contribution in [3.63, 3.8) is 0 Å². The van der Waals surface area contributed by atoms with Gasteiger partial charge in [0.05, 0.1) is 5.69 Å². The first-order chi connectivity index (χ1) is 9.11. The number of rotatable bonds is 2. The van der Waals surface area contributed by atoms with E-state index in [-0.39, 0.29) is 0 Å². The van der Waals surface area contributed by atoms with Gasteiger partial charge in [-0.25, -0.2) is 9.97 Å². The molecule has 2 aromatic rings.